The maximum atomic E-state index is 11.9. The van der Waals surface area contributed by atoms with Crippen LogP contribution in [0.4, 0.5) is 0 Å². The van der Waals surface area contributed by atoms with Crippen molar-refractivity contribution < 1.29 is 14.7 Å². The van der Waals surface area contributed by atoms with E-state index in [0.29, 0.717) is 0 Å². The van der Waals surface area contributed by atoms with Crippen LogP contribution in [0.1, 0.15) is 16.7 Å². The van der Waals surface area contributed by atoms with E-state index in [2.05, 4.69) is 6.58 Å². The number of hydrogen-bond acceptors (Lipinski definition) is 2. The van der Waals surface area contributed by atoms with Crippen LogP contribution in [0, 0.1) is 13.8 Å². The van der Waals surface area contributed by atoms with Gasteiger partial charge in [0.05, 0.1) is 0 Å². The van der Waals surface area contributed by atoms with E-state index in [0.717, 1.165) is 16.7 Å². The van der Waals surface area contributed by atoms with Crippen LogP contribution < -0.4 is 0 Å². The van der Waals surface area contributed by atoms with Gasteiger partial charge >= 0.3 is 5.97 Å². The minimum Gasteiger partial charge on any atom is -0.480 e. The number of rotatable bonds is 6. The molecule has 0 aliphatic rings. The van der Waals surface area contributed by atoms with E-state index >= 15 is 0 Å². The third kappa shape index (κ3) is 4.72. The summed E-state index contributed by atoms with van der Waals surface area (Å²) < 4.78 is 0. The second-order valence-electron chi connectivity index (χ2n) is 4.59. The summed E-state index contributed by atoms with van der Waals surface area (Å²) in [6.07, 6.45) is 4.60. The highest BCUT2D eigenvalue weighted by molar-refractivity contribution is 5.93. The number of carboxylic acid groups (broad SMARTS) is 1. The number of aryl methyl sites for hydroxylation is 2. The highest BCUT2D eigenvalue weighted by Crippen LogP contribution is 2.12. The lowest BCUT2D eigenvalue weighted by molar-refractivity contribution is -0.142. The number of aliphatic carboxylic acids is 1. The smallest absolute Gasteiger partial charge is 0.323 e. The third-order valence-corrected chi connectivity index (χ3v) is 2.82. The van der Waals surface area contributed by atoms with Gasteiger partial charge in [0.15, 0.2) is 0 Å². The van der Waals surface area contributed by atoms with Crippen LogP contribution in [-0.2, 0) is 9.59 Å². The number of benzene rings is 1. The monoisotopic (exact) mass is 273 g/mol. The van der Waals surface area contributed by atoms with Crippen molar-refractivity contribution >= 4 is 18.0 Å². The van der Waals surface area contributed by atoms with Crippen LogP contribution >= 0.6 is 0 Å². The van der Waals surface area contributed by atoms with Crippen LogP contribution in [0.15, 0.2) is 36.9 Å². The van der Waals surface area contributed by atoms with E-state index in [-0.39, 0.29) is 19.0 Å². The summed E-state index contributed by atoms with van der Waals surface area (Å²) in [5.74, 6) is -1.38. The molecule has 0 unspecified atom stereocenters. The second kappa shape index (κ2) is 7.28. The van der Waals surface area contributed by atoms with Crippen molar-refractivity contribution in [3.8, 4) is 0 Å². The first-order valence-electron chi connectivity index (χ1n) is 6.31. The maximum Gasteiger partial charge on any atom is 0.323 e. The van der Waals surface area contributed by atoms with Crippen molar-refractivity contribution in [3.05, 3.63) is 53.6 Å². The SMILES string of the molecule is C=CCN(CC(=O)O)C(=O)C=Cc1ccc(C)cc1C. The third-order valence-electron chi connectivity index (χ3n) is 2.82. The Morgan fingerprint density at radius 2 is 2.05 bits per heavy atom. The van der Waals surface area contributed by atoms with Crippen molar-refractivity contribution in [3.63, 3.8) is 0 Å². The van der Waals surface area contributed by atoms with Gasteiger partial charge in [-0.1, -0.05) is 29.8 Å². The van der Waals surface area contributed by atoms with E-state index in [1.165, 1.54) is 17.1 Å². The molecular weight excluding hydrogens is 254 g/mol. The normalized spacial score (nSPS) is 10.5. The van der Waals surface area contributed by atoms with E-state index in [1.54, 1.807) is 6.08 Å². The average molecular weight is 273 g/mol. The summed E-state index contributed by atoms with van der Waals surface area (Å²) in [7, 11) is 0. The van der Waals surface area contributed by atoms with Gasteiger partial charge in [-0.25, -0.2) is 0 Å². The molecule has 4 heteroatoms. The number of nitrogens with zero attached hydrogens (tertiary/aromatic N) is 1. The van der Waals surface area contributed by atoms with E-state index in [1.807, 2.05) is 32.0 Å². The maximum absolute atomic E-state index is 11.9. The van der Waals surface area contributed by atoms with Gasteiger partial charge in [0.2, 0.25) is 5.91 Å². The molecule has 0 radical (unpaired) electrons. The predicted molar refractivity (Wildman–Crippen MR) is 79.4 cm³/mol. The summed E-state index contributed by atoms with van der Waals surface area (Å²) in [5, 5.41) is 8.77. The summed E-state index contributed by atoms with van der Waals surface area (Å²) in [4.78, 5) is 23.9. The molecule has 0 aliphatic heterocycles. The molecule has 1 rings (SSSR count). The Morgan fingerprint density at radius 1 is 1.35 bits per heavy atom. The van der Waals surface area contributed by atoms with Gasteiger partial charge in [0.1, 0.15) is 6.54 Å². The summed E-state index contributed by atoms with van der Waals surface area (Å²) in [5.41, 5.74) is 3.17. The summed E-state index contributed by atoms with van der Waals surface area (Å²) in [6.45, 7) is 7.37. The number of hydrogen-bond donors (Lipinski definition) is 1. The molecule has 0 spiro atoms. The summed E-state index contributed by atoms with van der Waals surface area (Å²) in [6, 6.07) is 5.93. The Labute approximate surface area is 119 Å². The predicted octanol–water partition coefficient (Wildman–Crippen LogP) is 2.42. The van der Waals surface area contributed by atoms with Crippen molar-refractivity contribution in [2.24, 2.45) is 0 Å². The van der Waals surface area contributed by atoms with Gasteiger partial charge in [-0.15, -0.1) is 6.58 Å². The molecule has 0 fully saturated rings. The average Bonchev–Trinajstić information content (AvgIpc) is 2.36. The Hall–Kier alpha value is -2.36. The van der Waals surface area contributed by atoms with Crippen LogP contribution in [0.3, 0.4) is 0 Å². The highest BCUT2D eigenvalue weighted by atomic mass is 16.4. The van der Waals surface area contributed by atoms with Crippen molar-refractivity contribution in [1.82, 2.24) is 4.90 Å². The zero-order valence-electron chi connectivity index (χ0n) is 11.8. The first-order chi connectivity index (χ1) is 9.43. The molecule has 0 bridgehead atoms. The fourth-order valence-corrected chi connectivity index (χ4v) is 1.83. The molecule has 1 aromatic rings. The lowest BCUT2D eigenvalue weighted by Gasteiger charge is -2.16. The minimum atomic E-state index is -1.04. The Bertz CT molecular complexity index is 547. The Balaban J connectivity index is 2.83. The number of carboxylic acids is 1. The van der Waals surface area contributed by atoms with Gasteiger partial charge < -0.3 is 10.0 Å². The molecule has 106 valence electrons. The van der Waals surface area contributed by atoms with E-state index in [9.17, 15) is 9.59 Å². The van der Waals surface area contributed by atoms with Crippen molar-refractivity contribution in [1.29, 1.82) is 0 Å². The summed E-state index contributed by atoms with van der Waals surface area (Å²) >= 11 is 0. The van der Waals surface area contributed by atoms with Crippen LogP contribution in [-0.4, -0.2) is 35.0 Å². The van der Waals surface area contributed by atoms with Crippen LogP contribution in [0.25, 0.3) is 6.08 Å². The Morgan fingerprint density at radius 3 is 2.60 bits per heavy atom. The van der Waals surface area contributed by atoms with E-state index < -0.39 is 5.97 Å². The molecule has 1 amide bonds. The van der Waals surface area contributed by atoms with Gasteiger partial charge in [-0.05, 0) is 31.1 Å². The fraction of sp³-hybridized carbons (Fsp3) is 0.250. The lowest BCUT2D eigenvalue weighted by atomic mass is 10.1. The zero-order chi connectivity index (χ0) is 15.1. The molecule has 0 aliphatic carbocycles. The number of amides is 1. The molecule has 0 aromatic heterocycles. The Kier molecular flexibility index (Phi) is 5.72. The molecule has 0 atom stereocenters. The quantitative estimate of drug-likeness (QED) is 0.639. The molecule has 0 saturated carbocycles. The molecule has 0 saturated heterocycles. The molecule has 0 heterocycles. The number of carbonyl (C=O) groups is 2. The molecule has 4 nitrogen and oxygen atoms in total. The second-order valence-corrected chi connectivity index (χ2v) is 4.59. The molecule has 1 N–H and O–H groups in total. The molecule has 1 aromatic carbocycles. The molecule has 20 heavy (non-hydrogen) atoms. The first kappa shape index (κ1) is 15.7. The lowest BCUT2D eigenvalue weighted by Crippen LogP contribution is -2.34. The largest absolute Gasteiger partial charge is 0.480 e. The number of carbonyl (C=O) groups excluding carboxylic acids is 1. The topological polar surface area (TPSA) is 57.6 Å². The van der Waals surface area contributed by atoms with E-state index in [4.69, 9.17) is 5.11 Å². The van der Waals surface area contributed by atoms with Crippen LogP contribution in [0.5, 0.6) is 0 Å². The fourth-order valence-electron chi connectivity index (χ4n) is 1.83. The van der Waals surface area contributed by atoms with Crippen molar-refractivity contribution in [2.45, 2.75) is 13.8 Å². The van der Waals surface area contributed by atoms with Crippen LogP contribution in [0.2, 0.25) is 0 Å². The highest BCUT2D eigenvalue weighted by Gasteiger charge is 2.12. The van der Waals surface area contributed by atoms with Gasteiger partial charge in [-0.3, -0.25) is 9.59 Å². The zero-order valence-corrected chi connectivity index (χ0v) is 11.8. The standard InChI is InChI=1S/C16H19NO3/c1-4-9-17(11-16(19)20)15(18)8-7-14-6-5-12(2)10-13(14)3/h4-8,10H,1,9,11H2,2-3H3,(H,19,20). The van der Waals surface area contributed by atoms with Gasteiger partial charge in [-0.2, -0.15) is 0 Å². The molecular formula is C16H19NO3. The van der Waals surface area contributed by atoms with Gasteiger partial charge in [0.25, 0.3) is 0 Å². The van der Waals surface area contributed by atoms with Crippen molar-refractivity contribution in [2.75, 3.05) is 13.1 Å². The minimum absolute atomic E-state index is 0.211. The first-order valence-corrected chi connectivity index (χ1v) is 6.31. The van der Waals surface area contributed by atoms with Gasteiger partial charge in [0, 0.05) is 12.6 Å².